The molecule has 0 radical (unpaired) electrons. The average molecular weight is 249 g/mol. The first-order valence-corrected chi connectivity index (χ1v) is 6.39. The minimum absolute atomic E-state index is 0.746. The molecular weight excluding hydrogens is 234 g/mol. The van der Waals surface area contributed by atoms with E-state index in [1.807, 2.05) is 30.4 Å². The van der Waals surface area contributed by atoms with Crippen LogP contribution in [0.2, 0.25) is 0 Å². The molecule has 0 amide bonds. The number of hydrogen-bond acceptors (Lipinski definition) is 4. The van der Waals surface area contributed by atoms with Crippen molar-refractivity contribution in [2.75, 3.05) is 26.5 Å². The third-order valence-electron chi connectivity index (χ3n) is 2.43. The molecule has 4 heteroatoms. The van der Waals surface area contributed by atoms with E-state index in [0.717, 1.165) is 34.4 Å². The van der Waals surface area contributed by atoms with Crippen LogP contribution < -0.4 is 9.47 Å². The zero-order valence-electron chi connectivity index (χ0n) is 9.97. The molecule has 0 unspecified atom stereocenters. The van der Waals surface area contributed by atoms with E-state index in [0.29, 0.717) is 0 Å². The molecule has 1 aliphatic heterocycles. The van der Waals surface area contributed by atoms with E-state index in [2.05, 4.69) is 4.99 Å². The molecule has 0 aromatic heterocycles. The van der Waals surface area contributed by atoms with E-state index >= 15 is 0 Å². The van der Waals surface area contributed by atoms with E-state index in [1.165, 1.54) is 0 Å². The molecule has 0 fully saturated rings. The first-order chi connectivity index (χ1) is 8.33. The van der Waals surface area contributed by atoms with E-state index in [4.69, 9.17) is 9.47 Å². The molecule has 0 N–H and O–H groups in total. The quantitative estimate of drug-likeness (QED) is 0.822. The molecule has 0 spiro atoms. The fourth-order valence-corrected chi connectivity index (χ4v) is 2.32. The molecule has 2 rings (SSSR count). The average Bonchev–Trinajstić information content (AvgIpc) is 2.89. The number of benzene rings is 1. The van der Waals surface area contributed by atoms with Gasteiger partial charge in [0.1, 0.15) is 0 Å². The molecule has 1 aliphatic rings. The zero-order valence-corrected chi connectivity index (χ0v) is 10.8. The molecule has 1 aromatic carbocycles. The Morgan fingerprint density at radius 2 is 2.00 bits per heavy atom. The van der Waals surface area contributed by atoms with Crippen LogP contribution in [0.25, 0.3) is 6.08 Å². The number of rotatable bonds is 4. The van der Waals surface area contributed by atoms with Crippen LogP contribution in [0.1, 0.15) is 5.56 Å². The molecule has 0 bridgehead atoms. The first kappa shape index (κ1) is 12.0. The summed E-state index contributed by atoms with van der Waals surface area (Å²) >= 11 is 1.79. The summed E-state index contributed by atoms with van der Waals surface area (Å²) < 4.78 is 10.4. The number of aliphatic imine (C=N–C) groups is 1. The summed E-state index contributed by atoms with van der Waals surface area (Å²) in [6.45, 7) is 0.927. The second-order valence-electron chi connectivity index (χ2n) is 3.52. The summed E-state index contributed by atoms with van der Waals surface area (Å²) in [5, 5.41) is 1.10. The number of thioether (sulfide) groups is 1. The van der Waals surface area contributed by atoms with Gasteiger partial charge in [-0.25, -0.2) is 0 Å². The summed E-state index contributed by atoms with van der Waals surface area (Å²) in [4.78, 5) is 4.36. The zero-order chi connectivity index (χ0) is 12.1. The Bertz CT molecular complexity index is 455. The third-order valence-corrected chi connectivity index (χ3v) is 3.38. The maximum absolute atomic E-state index is 5.25. The fourth-order valence-electron chi connectivity index (χ4n) is 1.58. The van der Waals surface area contributed by atoms with Gasteiger partial charge in [-0.05, 0) is 23.8 Å². The Kier molecular flexibility index (Phi) is 4.09. The van der Waals surface area contributed by atoms with Crippen LogP contribution in [-0.2, 0) is 0 Å². The lowest BCUT2D eigenvalue weighted by Gasteiger charge is -2.07. The Hall–Kier alpha value is -1.42. The van der Waals surface area contributed by atoms with E-state index < -0.39 is 0 Å². The summed E-state index contributed by atoms with van der Waals surface area (Å²) in [7, 11) is 3.28. The lowest BCUT2D eigenvalue weighted by Crippen LogP contribution is -1.90. The largest absolute Gasteiger partial charge is 0.493 e. The van der Waals surface area contributed by atoms with Gasteiger partial charge in [-0.1, -0.05) is 12.1 Å². The number of hydrogen-bond donors (Lipinski definition) is 0. The molecular formula is C13H15NO2S. The van der Waals surface area contributed by atoms with Gasteiger partial charge in [0.15, 0.2) is 11.5 Å². The van der Waals surface area contributed by atoms with Crippen molar-refractivity contribution in [2.45, 2.75) is 0 Å². The predicted molar refractivity (Wildman–Crippen MR) is 73.3 cm³/mol. The van der Waals surface area contributed by atoms with Gasteiger partial charge < -0.3 is 9.47 Å². The van der Waals surface area contributed by atoms with Crippen molar-refractivity contribution in [3.8, 4) is 11.5 Å². The van der Waals surface area contributed by atoms with Gasteiger partial charge >= 0.3 is 0 Å². The monoisotopic (exact) mass is 249 g/mol. The molecule has 0 saturated heterocycles. The maximum Gasteiger partial charge on any atom is 0.161 e. The Morgan fingerprint density at radius 3 is 2.65 bits per heavy atom. The van der Waals surface area contributed by atoms with Crippen molar-refractivity contribution in [2.24, 2.45) is 4.99 Å². The standard InChI is InChI=1S/C13H15NO2S/c1-15-11-5-3-10(9-12(11)16-2)4-6-13-14-7-8-17-13/h3-6,9H,7-8H2,1-2H3/b6-4-. The number of methoxy groups -OCH3 is 2. The van der Waals surface area contributed by atoms with Crippen LogP contribution in [0.3, 0.4) is 0 Å². The molecule has 3 nitrogen and oxygen atoms in total. The Labute approximate surface area is 106 Å². The van der Waals surface area contributed by atoms with Gasteiger partial charge in [0.2, 0.25) is 0 Å². The van der Waals surface area contributed by atoms with Crippen LogP contribution >= 0.6 is 11.8 Å². The van der Waals surface area contributed by atoms with Gasteiger partial charge in [0.25, 0.3) is 0 Å². The smallest absolute Gasteiger partial charge is 0.161 e. The minimum Gasteiger partial charge on any atom is -0.493 e. The Morgan fingerprint density at radius 1 is 1.18 bits per heavy atom. The second kappa shape index (κ2) is 5.77. The molecule has 0 aliphatic carbocycles. The topological polar surface area (TPSA) is 30.8 Å². The van der Waals surface area contributed by atoms with Crippen LogP contribution in [0.4, 0.5) is 0 Å². The van der Waals surface area contributed by atoms with Gasteiger partial charge in [-0.2, -0.15) is 0 Å². The lowest BCUT2D eigenvalue weighted by molar-refractivity contribution is 0.355. The van der Waals surface area contributed by atoms with E-state index in [1.54, 1.807) is 26.0 Å². The predicted octanol–water partition coefficient (Wildman–Crippen LogP) is 2.86. The summed E-state index contributed by atoms with van der Waals surface area (Å²) in [6, 6.07) is 5.86. The maximum atomic E-state index is 5.25. The molecule has 17 heavy (non-hydrogen) atoms. The van der Waals surface area contributed by atoms with Crippen LogP contribution in [-0.4, -0.2) is 31.6 Å². The molecule has 1 heterocycles. The molecule has 0 atom stereocenters. The van der Waals surface area contributed by atoms with Crippen molar-refractivity contribution >= 4 is 22.9 Å². The van der Waals surface area contributed by atoms with Crippen LogP contribution in [0.15, 0.2) is 29.3 Å². The van der Waals surface area contributed by atoms with Gasteiger partial charge in [0, 0.05) is 12.3 Å². The highest BCUT2D eigenvalue weighted by atomic mass is 32.2. The Balaban J connectivity index is 2.16. The van der Waals surface area contributed by atoms with Gasteiger partial charge in [-0.15, -0.1) is 11.8 Å². The summed E-state index contributed by atoms with van der Waals surface area (Å²) in [5.41, 5.74) is 1.08. The molecule has 0 saturated carbocycles. The van der Waals surface area contributed by atoms with Crippen molar-refractivity contribution in [1.82, 2.24) is 0 Å². The molecule has 90 valence electrons. The number of nitrogens with zero attached hydrogens (tertiary/aromatic N) is 1. The summed E-state index contributed by atoms with van der Waals surface area (Å²) in [5.74, 6) is 2.58. The lowest BCUT2D eigenvalue weighted by atomic mass is 10.2. The van der Waals surface area contributed by atoms with Crippen molar-refractivity contribution in [1.29, 1.82) is 0 Å². The number of ether oxygens (including phenoxy) is 2. The van der Waals surface area contributed by atoms with Crippen molar-refractivity contribution < 1.29 is 9.47 Å². The van der Waals surface area contributed by atoms with Crippen molar-refractivity contribution in [3.63, 3.8) is 0 Å². The first-order valence-electron chi connectivity index (χ1n) is 5.41. The third kappa shape index (κ3) is 3.03. The second-order valence-corrected chi connectivity index (χ2v) is 4.63. The summed E-state index contributed by atoms with van der Waals surface area (Å²) in [6.07, 6.45) is 4.08. The highest BCUT2D eigenvalue weighted by Gasteiger charge is 2.04. The van der Waals surface area contributed by atoms with Gasteiger partial charge in [-0.3, -0.25) is 4.99 Å². The van der Waals surface area contributed by atoms with Crippen LogP contribution in [0, 0.1) is 0 Å². The SMILES string of the molecule is COc1ccc(/C=C\C2=NCCS2)cc1OC. The van der Waals surface area contributed by atoms with E-state index in [-0.39, 0.29) is 0 Å². The fraction of sp³-hybridized carbons (Fsp3) is 0.308. The van der Waals surface area contributed by atoms with Crippen molar-refractivity contribution in [3.05, 3.63) is 29.8 Å². The highest BCUT2D eigenvalue weighted by molar-refractivity contribution is 8.14. The molecule has 1 aromatic rings. The minimum atomic E-state index is 0.746. The van der Waals surface area contributed by atoms with Crippen LogP contribution in [0.5, 0.6) is 11.5 Å². The normalized spacial score (nSPS) is 15.1. The highest BCUT2D eigenvalue weighted by Crippen LogP contribution is 2.28. The van der Waals surface area contributed by atoms with E-state index in [9.17, 15) is 0 Å². The van der Waals surface area contributed by atoms with Gasteiger partial charge in [0.05, 0.1) is 19.3 Å².